The van der Waals surface area contributed by atoms with Crippen LogP contribution in [0.2, 0.25) is 0 Å². The maximum absolute atomic E-state index is 13.5. The fourth-order valence-corrected chi connectivity index (χ4v) is 5.29. The molecule has 9 heteroatoms. The van der Waals surface area contributed by atoms with Crippen molar-refractivity contribution in [3.8, 4) is 0 Å². The number of amides is 1. The molecule has 0 radical (unpaired) electrons. The lowest BCUT2D eigenvalue weighted by atomic mass is 9.94. The lowest BCUT2D eigenvalue weighted by molar-refractivity contribution is -0.117. The standard InChI is InChI=1S/C27H22N2O6S/c1-4-15-6-11-18-20(13-15)36-27(28-18)29-22(16-7-9-17(10-8-16)26(33)34-3)21(24(31)25(29)32)23(30)19-12-5-14(2)35-19/h5-13,22,31H,4H2,1-3H3/t22-/m1/s1. The third-order valence-electron chi connectivity index (χ3n) is 6.12. The molecule has 2 aromatic heterocycles. The number of hydrogen-bond donors (Lipinski definition) is 1. The summed E-state index contributed by atoms with van der Waals surface area (Å²) < 4.78 is 11.2. The van der Waals surface area contributed by atoms with Crippen molar-refractivity contribution in [2.75, 3.05) is 12.0 Å². The van der Waals surface area contributed by atoms with E-state index in [0.29, 0.717) is 27.5 Å². The summed E-state index contributed by atoms with van der Waals surface area (Å²) in [4.78, 5) is 44.8. The van der Waals surface area contributed by atoms with Gasteiger partial charge in [-0.15, -0.1) is 0 Å². The molecule has 5 rings (SSSR count). The van der Waals surface area contributed by atoms with E-state index in [4.69, 9.17) is 9.15 Å². The molecule has 0 unspecified atom stereocenters. The van der Waals surface area contributed by atoms with Crippen molar-refractivity contribution >= 4 is 44.3 Å². The number of Topliss-reactive ketones (excluding diaryl/α,β-unsaturated/α-hetero) is 1. The summed E-state index contributed by atoms with van der Waals surface area (Å²) in [5.41, 5.74) is 2.55. The summed E-state index contributed by atoms with van der Waals surface area (Å²) >= 11 is 1.30. The number of fused-ring (bicyclic) bond motifs is 1. The maximum Gasteiger partial charge on any atom is 0.337 e. The number of aromatic nitrogens is 1. The molecule has 1 amide bonds. The van der Waals surface area contributed by atoms with Gasteiger partial charge in [0.25, 0.3) is 5.91 Å². The van der Waals surface area contributed by atoms with Crippen LogP contribution >= 0.6 is 11.3 Å². The zero-order chi connectivity index (χ0) is 25.6. The quantitative estimate of drug-likeness (QED) is 0.280. The van der Waals surface area contributed by atoms with Crippen LogP contribution in [0.15, 0.2) is 70.3 Å². The first-order valence-electron chi connectivity index (χ1n) is 11.3. The fraction of sp³-hybridized carbons (Fsp3) is 0.185. The van der Waals surface area contributed by atoms with Crippen LogP contribution in [0.4, 0.5) is 5.13 Å². The Bertz CT molecular complexity index is 1550. The first kappa shape index (κ1) is 23.5. The van der Waals surface area contributed by atoms with Crippen LogP contribution in [0.25, 0.3) is 10.2 Å². The number of thiazole rings is 1. The van der Waals surface area contributed by atoms with Crippen LogP contribution in [-0.4, -0.2) is 34.9 Å². The number of aliphatic hydroxyl groups is 1. The summed E-state index contributed by atoms with van der Waals surface area (Å²) in [6.45, 7) is 3.75. The Kier molecular flexibility index (Phi) is 5.93. The molecule has 36 heavy (non-hydrogen) atoms. The minimum Gasteiger partial charge on any atom is -0.503 e. The summed E-state index contributed by atoms with van der Waals surface area (Å²) in [5.74, 6) is -1.98. The number of rotatable bonds is 6. The van der Waals surface area contributed by atoms with Crippen LogP contribution in [0.3, 0.4) is 0 Å². The normalized spacial score (nSPS) is 15.7. The lowest BCUT2D eigenvalue weighted by Crippen LogP contribution is -2.31. The van der Waals surface area contributed by atoms with E-state index in [1.807, 2.05) is 18.2 Å². The number of carbonyl (C=O) groups excluding carboxylic acids is 3. The Labute approximate surface area is 210 Å². The molecule has 0 bridgehead atoms. The summed E-state index contributed by atoms with van der Waals surface area (Å²) in [6.07, 6.45) is 0.852. The topological polar surface area (TPSA) is 110 Å². The number of methoxy groups -OCH3 is 1. The highest BCUT2D eigenvalue weighted by Crippen LogP contribution is 2.44. The van der Waals surface area contributed by atoms with E-state index in [1.54, 1.807) is 37.3 Å². The highest BCUT2D eigenvalue weighted by Gasteiger charge is 2.46. The summed E-state index contributed by atoms with van der Waals surface area (Å²) in [5, 5.41) is 11.3. The smallest absolute Gasteiger partial charge is 0.337 e. The SMILES string of the molecule is CCc1ccc2nc(N3C(=O)C(O)=C(C(=O)c4ccc(C)o4)[C@H]3c3ccc(C(=O)OC)cc3)sc2c1. The molecule has 0 saturated heterocycles. The van der Waals surface area contributed by atoms with Crippen LogP contribution in [-0.2, 0) is 16.0 Å². The fourth-order valence-electron chi connectivity index (χ4n) is 4.24. The molecule has 1 atom stereocenters. The average molecular weight is 503 g/mol. The number of aliphatic hydroxyl groups excluding tert-OH is 1. The second-order valence-electron chi connectivity index (χ2n) is 8.35. The molecule has 182 valence electrons. The number of ketones is 1. The molecular weight excluding hydrogens is 480 g/mol. The predicted molar refractivity (Wildman–Crippen MR) is 134 cm³/mol. The van der Waals surface area contributed by atoms with Gasteiger partial charge in [0, 0.05) is 0 Å². The van der Waals surface area contributed by atoms with Gasteiger partial charge < -0.3 is 14.3 Å². The Morgan fingerprint density at radius 2 is 1.89 bits per heavy atom. The van der Waals surface area contributed by atoms with E-state index in [9.17, 15) is 19.5 Å². The number of nitrogens with zero attached hydrogens (tertiary/aromatic N) is 2. The van der Waals surface area contributed by atoms with Gasteiger partial charge in [-0.3, -0.25) is 14.5 Å². The number of aryl methyl sites for hydroxylation is 2. The third-order valence-corrected chi connectivity index (χ3v) is 7.14. The number of ether oxygens (including phenoxy) is 1. The molecular formula is C27H22N2O6S. The second kappa shape index (κ2) is 9.09. The zero-order valence-electron chi connectivity index (χ0n) is 19.8. The van der Waals surface area contributed by atoms with E-state index in [0.717, 1.165) is 16.7 Å². The number of esters is 1. The number of benzene rings is 2. The minimum absolute atomic E-state index is 0.0109. The Hall–Kier alpha value is -4.24. The van der Waals surface area contributed by atoms with Crippen LogP contribution in [0, 0.1) is 6.92 Å². The summed E-state index contributed by atoms with van der Waals surface area (Å²) in [6, 6.07) is 14.4. The molecule has 0 aliphatic carbocycles. The molecule has 2 aromatic carbocycles. The van der Waals surface area contributed by atoms with Crippen molar-refractivity contribution in [3.63, 3.8) is 0 Å². The Morgan fingerprint density at radius 1 is 1.14 bits per heavy atom. The monoisotopic (exact) mass is 502 g/mol. The molecule has 0 saturated carbocycles. The van der Waals surface area contributed by atoms with Crippen molar-refractivity contribution in [2.24, 2.45) is 0 Å². The van der Waals surface area contributed by atoms with Crippen molar-refractivity contribution in [3.05, 3.63) is 94.1 Å². The third kappa shape index (κ3) is 3.87. The van der Waals surface area contributed by atoms with E-state index >= 15 is 0 Å². The van der Waals surface area contributed by atoms with Crippen molar-refractivity contribution in [1.29, 1.82) is 0 Å². The van der Waals surface area contributed by atoms with E-state index in [-0.39, 0.29) is 11.3 Å². The number of hydrogen-bond acceptors (Lipinski definition) is 8. The molecule has 1 N–H and O–H groups in total. The average Bonchev–Trinajstić information content (AvgIpc) is 3.58. The number of carbonyl (C=O) groups is 3. The van der Waals surface area contributed by atoms with Crippen molar-refractivity contribution < 1.29 is 28.6 Å². The molecule has 4 aromatic rings. The zero-order valence-corrected chi connectivity index (χ0v) is 20.6. The van der Waals surface area contributed by atoms with Gasteiger partial charge in [0.1, 0.15) is 5.76 Å². The highest BCUT2D eigenvalue weighted by molar-refractivity contribution is 7.22. The molecule has 8 nitrogen and oxygen atoms in total. The number of furan rings is 1. The van der Waals surface area contributed by atoms with Gasteiger partial charge >= 0.3 is 5.97 Å². The van der Waals surface area contributed by atoms with E-state index in [1.165, 1.54) is 29.4 Å². The maximum atomic E-state index is 13.5. The Morgan fingerprint density at radius 3 is 2.53 bits per heavy atom. The molecule has 1 aliphatic rings. The second-order valence-corrected chi connectivity index (χ2v) is 9.35. The van der Waals surface area contributed by atoms with Crippen molar-refractivity contribution in [2.45, 2.75) is 26.3 Å². The van der Waals surface area contributed by atoms with Gasteiger partial charge in [-0.1, -0.05) is 36.5 Å². The van der Waals surface area contributed by atoms with Gasteiger partial charge in [-0.2, -0.15) is 0 Å². The minimum atomic E-state index is -0.978. The molecule has 0 fully saturated rings. The molecule has 3 heterocycles. The summed E-state index contributed by atoms with van der Waals surface area (Å²) in [7, 11) is 1.29. The first-order valence-corrected chi connectivity index (χ1v) is 12.1. The number of anilines is 1. The largest absolute Gasteiger partial charge is 0.503 e. The van der Waals surface area contributed by atoms with E-state index < -0.39 is 29.5 Å². The first-order chi connectivity index (χ1) is 17.3. The van der Waals surface area contributed by atoms with Crippen molar-refractivity contribution in [1.82, 2.24) is 4.98 Å². The van der Waals surface area contributed by atoms with Gasteiger partial charge in [0.2, 0.25) is 5.78 Å². The van der Waals surface area contributed by atoms with Crippen LogP contribution in [0.1, 0.15) is 50.8 Å². The Balaban J connectivity index is 1.65. The predicted octanol–water partition coefficient (Wildman–Crippen LogP) is 5.33. The van der Waals surface area contributed by atoms with Gasteiger partial charge in [-0.05, 0) is 60.9 Å². The van der Waals surface area contributed by atoms with Gasteiger partial charge in [-0.25, -0.2) is 9.78 Å². The molecule has 1 aliphatic heterocycles. The van der Waals surface area contributed by atoms with E-state index in [2.05, 4.69) is 11.9 Å². The highest BCUT2D eigenvalue weighted by atomic mass is 32.1. The van der Waals surface area contributed by atoms with Crippen LogP contribution in [0.5, 0.6) is 0 Å². The van der Waals surface area contributed by atoms with Gasteiger partial charge in [0.15, 0.2) is 16.7 Å². The lowest BCUT2D eigenvalue weighted by Gasteiger charge is -2.24. The molecule has 0 spiro atoms. The van der Waals surface area contributed by atoms with Crippen LogP contribution < -0.4 is 4.90 Å². The van der Waals surface area contributed by atoms with Gasteiger partial charge in [0.05, 0.1) is 34.5 Å².